The van der Waals surface area contributed by atoms with Crippen molar-refractivity contribution < 1.29 is 0 Å². The SMILES string of the molecule is C=Cc1cc(C)cnc1NC. The van der Waals surface area contributed by atoms with Gasteiger partial charge in [0.15, 0.2) is 0 Å². The molecule has 11 heavy (non-hydrogen) atoms. The second-order valence-electron chi connectivity index (χ2n) is 2.40. The van der Waals surface area contributed by atoms with Gasteiger partial charge >= 0.3 is 0 Å². The highest BCUT2D eigenvalue weighted by molar-refractivity contribution is 5.61. The zero-order valence-corrected chi connectivity index (χ0v) is 6.89. The first-order chi connectivity index (χ1) is 5.27. The van der Waals surface area contributed by atoms with E-state index in [-0.39, 0.29) is 0 Å². The molecule has 0 saturated carbocycles. The van der Waals surface area contributed by atoms with Crippen LogP contribution in [0.2, 0.25) is 0 Å². The third kappa shape index (κ3) is 1.58. The predicted octanol–water partition coefficient (Wildman–Crippen LogP) is 2.07. The van der Waals surface area contributed by atoms with E-state index in [1.165, 1.54) is 0 Å². The normalized spacial score (nSPS) is 9.27. The number of hydrogen-bond donors (Lipinski definition) is 1. The highest BCUT2D eigenvalue weighted by atomic mass is 15.0. The van der Waals surface area contributed by atoms with Crippen LogP contribution in [0.3, 0.4) is 0 Å². The second-order valence-corrected chi connectivity index (χ2v) is 2.40. The molecule has 0 bridgehead atoms. The van der Waals surface area contributed by atoms with Crippen molar-refractivity contribution in [1.82, 2.24) is 4.98 Å². The molecule has 1 N–H and O–H groups in total. The molecule has 0 unspecified atom stereocenters. The summed E-state index contributed by atoms with van der Waals surface area (Å²) in [6.45, 7) is 5.71. The summed E-state index contributed by atoms with van der Waals surface area (Å²) in [6, 6.07) is 2.05. The van der Waals surface area contributed by atoms with Gasteiger partial charge in [-0.1, -0.05) is 12.7 Å². The molecule has 1 aromatic rings. The topological polar surface area (TPSA) is 24.9 Å². The van der Waals surface area contributed by atoms with E-state index in [4.69, 9.17) is 0 Å². The molecule has 0 aliphatic rings. The molecule has 0 spiro atoms. The summed E-state index contributed by atoms with van der Waals surface area (Å²) in [7, 11) is 1.85. The van der Waals surface area contributed by atoms with Crippen LogP contribution >= 0.6 is 0 Å². The summed E-state index contributed by atoms with van der Waals surface area (Å²) >= 11 is 0. The zero-order chi connectivity index (χ0) is 8.27. The van der Waals surface area contributed by atoms with E-state index in [1.807, 2.05) is 26.2 Å². The fraction of sp³-hybridized carbons (Fsp3) is 0.222. The zero-order valence-electron chi connectivity index (χ0n) is 6.89. The van der Waals surface area contributed by atoms with Crippen LogP contribution in [0.25, 0.3) is 6.08 Å². The largest absolute Gasteiger partial charge is 0.373 e. The minimum absolute atomic E-state index is 0.880. The summed E-state index contributed by atoms with van der Waals surface area (Å²) in [5, 5.41) is 2.99. The number of nitrogens with one attached hydrogen (secondary N) is 1. The van der Waals surface area contributed by atoms with Gasteiger partial charge in [0.05, 0.1) is 0 Å². The number of hydrogen-bond acceptors (Lipinski definition) is 2. The van der Waals surface area contributed by atoms with Crippen LogP contribution in [0.15, 0.2) is 18.8 Å². The molecule has 0 aliphatic carbocycles. The lowest BCUT2D eigenvalue weighted by molar-refractivity contribution is 1.23. The van der Waals surface area contributed by atoms with Gasteiger partial charge in [0.1, 0.15) is 5.82 Å². The maximum atomic E-state index is 4.19. The highest BCUT2D eigenvalue weighted by Crippen LogP contribution is 2.13. The lowest BCUT2D eigenvalue weighted by Gasteiger charge is -2.03. The Labute approximate surface area is 67.0 Å². The molecule has 0 radical (unpaired) electrons. The molecular weight excluding hydrogens is 136 g/mol. The van der Waals surface area contributed by atoms with E-state index in [1.54, 1.807) is 6.08 Å². The number of nitrogens with zero attached hydrogens (tertiary/aromatic N) is 1. The summed E-state index contributed by atoms with van der Waals surface area (Å²) < 4.78 is 0. The van der Waals surface area contributed by atoms with E-state index in [0.29, 0.717) is 0 Å². The Kier molecular flexibility index (Phi) is 2.26. The molecule has 2 nitrogen and oxygen atoms in total. The average molecular weight is 148 g/mol. The number of aromatic nitrogens is 1. The Morgan fingerprint density at radius 2 is 2.36 bits per heavy atom. The molecule has 0 fully saturated rings. The monoisotopic (exact) mass is 148 g/mol. The Hall–Kier alpha value is -1.31. The van der Waals surface area contributed by atoms with Crippen molar-refractivity contribution in [3.63, 3.8) is 0 Å². The Morgan fingerprint density at radius 1 is 1.64 bits per heavy atom. The number of rotatable bonds is 2. The van der Waals surface area contributed by atoms with Gasteiger partial charge in [-0.15, -0.1) is 0 Å². The fourth-order valence-electron chi connectivity index (χ4n) is 0.956. The van der Waals surface area contributed by atoms with Gasteiger partial charge in [-0.3, -0.25) is 0 Å². The summed E-state index contributed by atoms with van der Waals surface area (Å²) in [6.07, 6.45) is 3.63. The van der Waals surface area contributed by atoms with Crippen LogP contribution in [0.1, 0.15) is 11.1 Å². The fourth-order valence-corrected chi connectivity index (χ4v) is 0.956. The second kappa shape index (κ2) is 3.19. The quantitative estimate of drug-likeness (QED) is 0.694. The van der Waals surface area contributed by atoms with E-state index in [2.05, 4.69) is 16.9 Å². The molecule has 0 aliphatic heterocycles. The summed E-state index contributed by atoms with van der Waals surface area (Å²) in [5.41, 5.74) is 2.20. The van der Waals surface area contributed by atoms with Crippen LogP contribution in [0.4, 0.5) is 5.82 Å². The van der Waals surface area contributed by atoms with Gasteiger partial charge in [-0.05, 0) is 18.6 Å². The van der Waals surface area contributed by atoms with Gasteiger partial charge in [-0.25, -0.2) is 4.98 Å². The maximum Gasteiger partial charge on any atom is 0.132 e. The summed E-state index contributed by atoms with van der Waals surface area (Å²) in [4.78, 5) is 4.19. The lowest BCUT2D eigenvalue weighted by atomic mass is 10.2. The molecular formula is C9H12N2. The van der Waals surface area contributed by atoms with Crippen molar-refractivity contribution >= 4 is 11.9 Å². The molecule has 0 atom stereocenters. The summed E-state index contributed by atoms with van der Waals surface area (Å²) in [5.74, 6) is 0.880. The van der Waals surface area contributed by atoms with E-state index >= 15 is 0 Å². The van der Waals surface area contributed by atoms with E-state index < -0.39 is 0 Å². The first kappa shape index (κ1) is 7.79. The average Bonchev–Trinajstić information content (AvgIpc) is 2.04. The minimum atomic E-state index is 0.880. The van der Waals surface area contributed by atoms with Crippen LogP contribution in [-0.4, -0.2) is 12.0 Å². The number of aryl methyl sites for hydroxylation is 1. The molecule has 1 heterocycles. The third-order valence-corrected chi connectivity index (χ3v) is 1.51. The maximum absolute atomic E-state index is 4.19. The Balaban J connectivity index is 3.16. The first-order valence-corrected chi connectivity index (χ1v) is 3.54. The van der Waals surface area contributed by atoms with Gasteiger partial charge in [-0.2, -0.15) is 0 Å². The molecule has 0 saturated heterocycles. The van der Waals surface area contributed by atoms with Crippen molar-refractivity contribution in [2.24, 2.45) is 0 Å². The molecule has 1 rings (SSSR count). The van der Waals surface area contributed by atoms with Crippen molar-refractivity contribution in [3.8, 4) is 0 Å². The number of pyridine rings is 1. The van der Waals surface area contributed by atoms with Gasteiger partial charge < -0.3 is 5.32 Å². The van der Waals surface area contributed by atoms with Crippen LogP contribution < -0.4 is 5.32 Å². The van der Waals surface area contributed by atoms with Gasteiger partial charge in [0.25, 0.3) is 0 Å². The molecule has 58 valence electrons. The van der Waals surface area contributed by atoms with Crippen molar-refractivity contribution in [1.29, 1.82) is 0 Å². The standard InChI is InChI=1S/C9H12N2/c1-4-8-5-7(2)6-11-9(8)10-3/h4-6H,1H2,2-3H3,(H,10,11). The minimum Gasteiger partial charge on any atom is -0.373 e. The highest BCUT2D eigenvalue weighted by Gasteiger charge is 1.96. The van der Waals surface area contributed by atoms with Gasteiger partial charge in [0, 0.05) is 18.8 Å². The molecule has 0 amide bonds. The van der Waals surface area contributed by atoms with Crippen LogP contribution in [0, 0.1) is 6.92 Å². The van der Waals surface area contributed by atoms with Crippen LogP contribution in [0.5, 0.6) is 0 Å². The number of anilines is 1. The third-order valence-electron chi connectivity index (χ3n) is 1.51. The Bertz CT molecular complexity index is 266. The lowest BCUT2D eigenvalue weighted by Crippen LogP contribution is -1.95. The van der Waals surface area contributed by atoms with E-state index in [0.717, 1.165) is 16.9 Å². The molecule has 2 heteroatoms. The van der Waals surface area contributed by atoms with Crippen molar-refractivity contribution in [2.45, 2.75) is 6.92 Å². The predicted molar refractivity (Wildman–Crippen MR) is 48.6 cm³/mol. The van der Waals surface area contributed by atoms with Crippen molar-refractivity contribution in [2.75, 3.05) is 12.4 Å². The molecule has 1 aromatic heterocycles. The smallest absolute Gasteiger partial charge is 0.132 e. The van der Waals surface area contributed by atoms with Crippen LogP contribution in [-0.2, 0) is 0 Å². The molecule has 0 aromatic carbocycles. The Morgan fingerprint density at radius 3 is 2.91 bits per heavy atom. The van der Waals surface area contributed by atoms with Crippen molar-refractivity contribution in [3.05, 3.63) is 30.0 Å². The van der Waals surface area contributed by atoms with E-state index in [9.17, 15) is 0 Å². The van der Waals surface area contributed by atoms with Gasteiger partial charge in [0.2, 0.25) is 0 Å². The first-order valence-electron chi connectivity index (χ1n) is 3.54.